The van der Waals surface area contributed by atoms with Gasteiger partial charge in [-0.25, -0.2) is 4.98 Å². The molecule has 1 aliphatic rings. The minimum Gasteiger partial charge on any atom is -0.380 e. The van der Waals surface area contributed by atoms with Gasteiger partial charge in [0.1, 0.15) is 5.82 Å². The van der Waals surface area contributed by atoms with Crippen LogP contribution in [0.5, 0.6) is 0 Å². The number of aromatic nitrogens is 1. The number of nitrogens with zero attached hydrogens (tertiary/aromatic N) is 2. The van der Waals surface area contributed by atoms with Gasteiger partial charge in [-0.3, -0.25) is 4.79 Å². The second kappa shape index (κ2) is 4.94. The summed E-state index contributed by atoms with van der Waals surface area (Å²) in [6, 6.07) is 3.63. The van der Waals surface area contributed by atoms with Crippen molar-refractivity contribution in [1.82, 2.24) is 10.3 Å². The number of anilines is 1. The van der Waals surface area contributed by atoms with Gasteiger partial charge >= 0.3 is 0 Å². The molecule has 2 heterocycles. The van der Waals surface area contributed by atoms with Crippen LogP contribution in [-0.2, 0) is 4.74 Å². The van der Waals surface area contributed by atoms with E-state index >= 15 is 0 Å². The number of hydrogen-bond acceptors (Lipinski definition) is 4. The lowest BCUT2D eigenvalue weighted by atomic mass is 9.89. The molecule has 98 valence electrons. The minimum atomic E-state index is -0.0825. The van der Waals surface area contributed by atoms with Crippen molar-refractivity contribution < 1.29 is 9.53 Å². The molecule has 0 radical (unpaired) electrons. The Morgan fingerprint density at radius 3 is 2.67 bits per heavy atom. The molecular weight excluding hydrogens is 230 g/mol. The van der Waals surface area contributed by atoms with Gasteiger partial charge in [0.2, 0.25) is 0 Å². The minimum absolute atomic E-state index is 0.0825. The molecule has 1 aliphatic heterocycles. The Bertz CT molecular complexity index is 424. The van der Waals surface area contributed by atoms with Crippen molar-refractivity contribution in [3.63, 3.8) is 0 Å². The van der Waals surface area contributed by atoms with E-state index in [1.165, 1.54) is 0 Å². The number of carbonyl (C=O) groups is 1. The van der Waals surface area contributed by atoms with Crippen molar-refractivity contribution in [2.45, 2.75) is 6.92 Å². The number of hydrogen-bond donors (Lipinski definition) is 1. The molecule has 0 aromatic carbocycles. The normalized spacial score (nSPS) is 16.8. The molecule has 18 heavy (non-hydrogen) atoms. The summed E-state index contributed by atoms with van der Waals surface area (Å²) in [6.45, 7) is 4.17. The summed E-state index contributed by atoms with van der Waals surface area (Å²) in [5.74, 6) is 0.756. The Balaban J connectivity index is 1.92. The van der Waals surface area contributed by atoms with Crippen LogP contribution in [0.3, 0.4) is 0 Å². The third kappa shape index (κ3) is 2.79. The van der Waals surface area contributed by atoms with Crippen molar-refractivity contribution in [2.75, 3.05) is 38.8 Å². The smallest absolute Gasteiger partial charge is 0.252 e. The van der Waals surface area contributed by atoms with E-state index in [1.807, 2.05) is 25.1 Å². The Morgan fingerprint density at radius 1 is 1.50 bits per heavy atom. The molecule has 2 rings (SSSR count). The van der Waals surface area contributed by atoms with Gasteiger partial charge in [-0.2, -0.15) is 0 Å². The lowest BCUT2D eigenvalue weighted by Gasteiger charge is -2.38. The highest BCUT2D eigenvalue weighted by atomic mass is 16.5. The molecule has 0 spiro atoms. The number of pyridine rings is 1. The third-order valence-corrected chi connectivity index (χ3v) is 3.05. The van der Waals surface area contributed by atoms with Gasteiger partial charge in [-0.15, -0.1) is 0 Å². The topological polar surface area (TPSA) is 54.5 Å². The Kier molecular flexibility index (Phi) is 3.52. The standard InChI is InChI=1S/C13H19N3O2/c1-13(8-18-9-13)7-15-12(17)10-4-5-11(14-6-10)16(2)3/h4-6H,7-9H2,1-3H3,(H,15,17). The molecule has 5 nitrogen and oxygen atoms in total. The van der Waals surface area contributed by atoms with E-state index in [0.29, 0.717) is 25.3 Å². The predicted octanol–water partition coefficient (Wildman–Crippen LogP) is 0.914. The van der Waals surface area contributed by atoms with Crippen molar-refractivity contribution in [3.8, 4) is 0 Å². The molecule has 0 bridgehead atoms. The van der Waals surface area contributed by atoms with Crippen LogP contribution < -0.4 is 10.2 Å². The number of amides is 1. The average molecular weight is 249 g/mol. The Morgan fingerprint density at radius 2 is 2.22 bits per heavy atom. The average Bonchev–Trinajstić information content (AvgIpc) is 2.33. The maximum Gasteiger partial charge on any atom is 0.252 e. The molecule has 1 fully saturated rings. The van der Waals surface area contributed by atoms with Crippen molar-refractivity contribution >= 4 is 11.7 Å². The van der Waals surface area contributed by atoms with E-state index in [1.54, 1.807) is 12.3 Å². The fourth-order valence-corrected chi connectivity index (χ4v) is 1.73. The van der Waals surface area contributed by atoms with E-state index in [2.05, 4.69) is 17.2 Å². The van der Waals surface area contributed by atoms with Gasteiger partial charge in [0.25, 0.3) is 5.91 Å². The summed E-state index contributed by atoms with van der Waals surface area (Å²) in [4.78, 5) is 18.0. The van der Waals surface area contributed by atoms with Gasteiger partial charge in [0.05, 0.1) is 18.8 Å². The fraction of sp³-hybridized carbons (Fsp3) is 0.538. The summed E-state index contributed by atoms with van der Waals surface area (Å²) < 4.78 is 5.15. The van der Waals surface area contributed by atoms with Crippen LogP contribution >= 0.6 is 0 Å². The first-order chi connectivity index (χ1) is 8.50. The quantitative estimate of drug-likeness (QED) is 0.862. The van der Waals surface area contributed by atoms with Crippen molar-refractivity contribution in [2.24, 2.45) is 5.41 Å². The zero-order valence-electron chi connectivity index (χ0n) is 11.1. The summed E-state index contributed by atoms with van der Waals surface area (Å²) in [5, 5.41) is 2.92. The van der Waals surface area contributed by atoms with Gasteiger partial charge in [-0.1, -0.05) is 6.92 Å². The summed E-state index contributed by atoms with van der Waals surface area (Å²) in [5.41, 5.74) is 0.677. The SMILES string of the molecule is CN(C)c1ccc(C(=O)NCC2(C)COC2)cn1. The Hall–Kier alpha value is -1.62. The van der Waals surface area contributed by atoms with Gasteiger partial charge in [0, 0.05) is 32.3 Å². The summed E-state index contributed by atoms with van der Waals surface area (Å²) in [6.07, 6.45) is 1.60. The van der Waals surface area contributed by atoms with Gasteiger partial charge in [-0.05, 0) is 12.1 Å². The Labute approximate surface area is 107 Å². The van der Waals surface area contributed by atoms with Crippen LogP contribution in [0.2, 0.25) is 0 Å². The predicted molar refractivity (Wildman–Crippen MR) is 69.8 cm³/mol. The molecular formula is C13H19N3O2. The molecule has 1 aromatic heterocycles. The molecule has 5 heteroatoms. The van der Waals surface area contributed by atoms with Crippen LogP contribution in [0.15, 0.2) is 18.3 Å². The molecule has 0 saturated carbocycles. The molecule has 0 aliphatic carbocycles. The molecule has 1 amide bonds. The van der Waals surface area contributed by atoms with Crippen molar-refractivity contribution in [1.29, 1.82) is 0 Å². The largest absolute Gasteiger partial charge is 0.380 e. The number of carbonyl (C=O) groups excluding carboxylic acids is 1. The number of rotatable bonds is 4. The van der Waals surface area contributed by atoms with Crippen LogP contribution in [-0.4, -0.2) is 44.7 Å². The highest BCUT2D eigenvalue weighted by Crippen LogP contribution is 2.25. The highest BCUT2D eigenvalue weighted by molar-refractivity contribution is 5.94. The molecule has 1 aromatic rings. The first-order valence-electron chi connectivity index (χ1n) is 5.99. The van der Waals surface area contributed by atoms with Gasteiger partial charge < -0.3 is 15.0 Å². The second-order valence-electron chi connectivity index (χ2n) is 5.29. The third-order valence-electron chi connectivity index (χ3n) is 3.05. The first-order valence-corrected chi connectivity index (χ1v) is 5.99. The molecule has 1 N–H and O–H groups in total. The number of nitrogens with one attached hydrogen (secondary N) is 1. The molecule has 1 saturated heterocycles. The van der Waals surface area contributed by atoms with Crippen LogP contribution in [0, 0.1) is 5.41 Å². The van der Waals surface area contributed by atoms with E-state index in [9.17, 15) is 4.79 Å². The lowest BCUT2D eigenvalue weighted by Crippen LogP contribution is -2.48. The van der Waals surface area contributed by atoms with E-state index in [0.717, 1.165) is 5.82 Å². The second-order valence-corrected chi connectivity index (χ2v) is 5.29. The van der Waals surface area contributed by atoms with E-state index in [4.69, 9.17) is 4.74 Å². The fourth-order valence-electron chi connectivity index (χ4n) is 1.73. The monoisotopic (exact) mass is 249 g/mol. The first kappa shape index (κ1) is 12.8. The maximum absolute atomic E-state index is 11.9. The van der Waals surface area contributed by atoms with E-state index < -0.39 is 0 Å². The molecule has 0 atom stereocenters. The highest BCUT2D eigenvalue weighted by Gasteiger charge is 2.33. The van der Waals surface area contributed by atoms with Crippen LogP contribution in [0.1, 0.15) is 17.3 Å². The molecule has 0 unspecified atom stereocenters. The lowest BCUT2D eigenvalue weighted by molar-refractivity contribution is -0.0978. The summed E-state index contributed by atoms with van der Waals surface area (Å²) in [7, 11) is 3.83. The zero-order chi connectivity index (χ0) is 13.2. The van der Waals surface area contributed by atoms with Crippen molar-refractivity contribution in [3.05, 3.63) is 23.9 Å². The van der Waals surface area contributed by atoms with Crippen LogP contribution in [0.25, 0.3) is 0 Å². The zero-order valence-corrected chi connectivity index (χ0v) is 11.1. The summed E-state index contributed by atoms with van der Waals surface area (Å²) >= 11 is 0. The van der Waals surface area contributed by atoms with E-state index in [-0.39, 0.29) is 11.3 Å². The number of ether oxygens (including phenoxy) is 1. The van der Waals surface area contributed by atoms with Crippen LogP contribution in [0.4, 0.5) is 5.82 Å². The maximum atomic E-state index is 11.9. The van der Waals surface area contributed by atoms with Gasteiger partial charge in [0.15, 0.2) is 0 Å².